The molecule has 0 aliphatic rings. The summed E-state index contributed by atoms with van der Waals surface area (Å²) in [6, 6.07) is 8.87. The molecule has 0 aliphatic heterocycles. The number of anilines is 1. The maximum atomic E-state index is 13.3. The van der Waals surface area contributed by atoms with Crippen LogP contribution in [0.4, 0.5) is 19.0 Å². The van der Waals surface area contributed by atoms with E-state index in [1.165, 1.54) is 10.7 Å². The predicted molar refractivity (Wildman–Crippen MR) is 77.8 cm³/mol. The monoisotopic (exact) mass is 319 g/mol. The average molecular weight is 319 g/mol. The summed E-state index contributed by atoms with van der Waals surface area (Å²) in [5.74, 6) is -0.260. The van der Waals surface area contributed by atoms with Crippen LogP contribution in [0.25, 0.3) is 5.69 Å². The Hall–Kier alpha value is -2.90. The van der Waals surface area contributed by atoms with Crippen molar-refractivity contribution in [3.05, 3.63) is 65.9 Å². The molecular weight excluding hydrogens is 307 g/mol. The van der Waals surface area contributed by atoms with Gasteiger partial charge in [-0.1, -0.05) is 11.3 Å². The van der Waals surface area contributed by atoms with Crippen molar-refractivity contribution >= 4 is 5.82 Å². The van der Waals surface area contributed by atoms with Crippen LogP contribution in [-0.4, -0.2) is 20.0 Å². The van der Waals surface area contributed by atoms with Crippen LogP contribution in [0.15, 0.2) is 48.8 Å². The van der Waals surface area contributed by atoms with Crippen molar-refractivity contribution in [1.82, 2.24) is 20.0 Å². The lowest BCUT2D eigenvalue weighted by Gasteiger charge is -2.05. The molecule has 0 bridgehead atoms. The van der Waals surface area contributed by atoms with Crippen molar-refractivity contribution in [1.29, 1.82) is 0 Å². The minimum atomic E-state index is -2.89. The van der Waals surface area contributed by atoms with Crippen LogP contribution >= 0.6 is 0 Å². The van der Waals surface area contributed by atoms with Gasteiger partial charge in [0.05, 0.1) is 24.0 Å². The van der Waals surface area contributed by atoms with E-state index >= 15 is 0 Å². The lowest BCUT2D eigenvalue weighted by Crippen LogP contribution is -2.01. The van der Waals surface area contributed by atoms with Crippen LogP contribution in [0.1, 0.15) is 17.7 Å². The van der Waals surface area contributed by atoms with Gasteiger partial charge in [0, 0.05) is 6.20 Å². The van der Waals surface area contributed by atoms with Crippen molar-refractivity contribution in [3.8, 4) is 5.69 Å². The molecule has 1 aromatic carbocycles. The van der Waals surface area contributed by atoms with Crippen LogP contribution in [-0.2, 0) is 6.54 Å². The molecule has 3 rings (SSSR count). The largest absolute Gasteiger partial charge is 0.364 e. The van der Waals surface area contributed by atoms with Crippen molar-refractivity contribution in [3.63, 3.8) is 0 Å². The van der Waals surface area contributed by atoms with Gasteiger partial charge in [-0.25, -0.2) is 22.8 Å². The third-order valence-corrected chi connectivity index (χ3v) is 3.14. The molecule has 0 spiro atoms. The fourth-order valence-electron chi connectivity index (χ4n) is 1.99. The van der Waals surface area contributed by atoms with E-state index in [1.807, 2.05) is 6.07 Å². The van der Waals surface area contributed by atoms with E-state index in [-0.39, 0.29) is 0 Å². The van der Waals surface area contributed by atoms with Gasteiger partial charge in [0.15, 0.2) is 0 Å². The standard InChI is InChI=1S/C15H12F3N5/c16-13-5-4-11(7-12(13)15(17)18)23-9-10(21-22-23)8-20-14-3-1-2-6-19-14/h1-7,9,15H,8H2,(H,19,20). The van der Waals surface area contributed by atoms with Gasteiger partial charge < -0.3 is 5.32 Å². The first-order chi connectivity index (χ1) is 11.1. The molecule has 0 saturated heterocycles. The quantitative estimate of drug-likeness (QED) is 0.783. The van der Waals surface area contributed by atoms with Crippen molar-refractivity contribution in [2.45, 2.75) is 13.0 Å². The highest BCUT2D eigenvalue weighted by molar-refractivity contribution is 5.37. The lowest BCUT2D eigenvalue weighted by atomic mass is 10.2. The summed E-state index contributed by atoms with van der Waals surface area (Å²) in [5.41, 5.74) is 0.253. The van der Waals surface area contributed by atoms with Gasteiger partial charge in [-0.15, -0.1) is 5.10 Å². The number of aromatic nitrogens is 4. The summed E-state index contributed by atoms with van der Waals surface area (Å²) in [7, 11) is 0. The summed E-state index contributed by atoms with van der Waals surface area (Å²) in [6.45, 7) is 0.375. The topological polar surface area (TPSA) is 55.6 Å². The third-order valence-electron chi connectivity index (χ3n) is 3.14. The van der Waals surface area contributed by atoms with E-state index in [9.17, 15) is 13.2 Å². The summed E-state index contributed by atoms with van der Waals surface area (Å²) in [4.78, 5) is 4.11. The zero-order valence-electron chi connectivity index (χ0n) is 11.8. The molecule has 2 heterocycles. The predicted octanol–water partition coefficient (Wildman–Crippen LogP) is 3.35. The van der Waals surface area contributed by atoms with E-state index in [2.05, 4.69) is 20.6 Å². The Morgan fingerprint density at radius 3 is 2.78 bits per heavy atom. The highest BCUT2D eigenvalue weighted by Crippen LogP contribution is 2.24. The summed E-state index contributed by atoms with van der Waals surface area (Å²) < 4.78 is 40.1. The molecule has 0 radical (unpaired) electrons. The fourth-order valence-corrected chi connectivity index (χ4v) is 1.99. The Kier molecular flexibility index (Phi) is 4.22. The van der Waals surface area contributed by atoms with Gasteiger partial charge >= 0.3 is 0 Å². The zero-order valence-corrected chi connectivity index (χ0v) is 11.8. The molecule has 8 heteroatoms. The molecule has 23 heavy (non-hydrogen) atoms. The number of hydrogen-bond donors (Lipinski definition) is 1. The molecule has 0 amide bonds. The van der Waals surface area contributed by atoms with Gasteiger partial charge in [-0.05, 0) is 30.3 Å². The van der Waals surface area contributed by atoms with Crippen molar-refractivity contribution in [2.75, 3.05) is 5.32 Å². The highest BCUT2D eigenvalue weighted by Gasteiger charge is 2.15. The number of hydrogen-bond acceptors (Lipinski definition) is 4. The van der Waals surface area contributed by atoms with Gasteiger partial charge in [-0.3, -0.25) is 0 Å². The smallest absolute Gasteiger partial charge is 0.266 e. The first kappa shape index (κ1) is 15.0. The SMILES string of the molecule is Fc1ccc(-n2cc(CNc3ccccn3)nn2)cc1C(F)F. The van der Waals surface area contributed by atoms with Gasteiger partial charge in [-0.2, -0.15) is 0 Å². The second-order valence-electron chi connectivity index (χ2n) is 4.73. The first-order valence-electron chi connectivity index (χ1n) is 6.77. The third kappa shape index (κ3) is 3.47. The Morgan fingerprint density at radius 2 is 2.04 bits per heavy atom. The van der Waals surface area contributed by atoms with Crippen LogP contribution in [0.2, 0.25) is 0 Å². The van der Waals surface area contributed by atoms with Crippen molar-refractivity contribution in [2.24, 2.45) is 0 Å². The number of nitrogens with zero attached hydrogens (tertiary/aromatic N) is 4. The zero-order chi connectivity index (χ0) is 16.2. The van der Waals surface area contributed by atoms with Gasteiger partial charge in [0.25, 0.3) is 6.43 Å². The second-order valence-corrected chi connectivity index (χ2v) is 4.73. The molecule has 5 nitrogen and oxygen atoms in total. The highest BCUT2D eigenvalue weighted by atomic mass is 19.3. The molecule has 118 valence electrons. The maximum absolute atomic E-state index is 13.3. The molecule has 0 aliphatic carbocycles. The molecule has 0 fully saturated rings. The van der Waals surface area contributed by atoms with E-state index in [1.54, 1.807) is 24.5 Å². The number of benzene rings is 1. The lowest BCUT2D eigenvalue weighted by molar-refractivity contribution is 0.146. The van der Waals surface area contributed by atoms with E-state index in [0.717, 1.165) is 12.1 Å². The Bertz CT molecular complexity index is 789. The van der Waals surface area contributed by atoms with E-state index < -0.39 is 17.8 Å². The molecule has 2 aromatic heterocycles. The molecule has 0 unspecified atom stereocenters. The summed E-state index contributed by atoms with van der Waals surface area (Å²) >= 11 is 0. The second kappa shape index (κ2) is 6.47. The fraction of sp³-hybridized carbons (Fsp3) is 0.133. The summed E-state index contributed by atoms with van der Waals surface area (Å²) in [5, 5.41) is 10.9. The first-order valence-corrected chi connectivity index (χ1v) is 6.77. The number of nitrogens with one attached hydrogen (secondary N) is 1. The Labute approximate surface area is 129 Å². The summed E-state index contributed by atoms with van der Waals surface area (Å²) in [6.07, 6.45) is 0.353. The van der Waals surface area contributed by atoms with Crippen LogP contribution in [0, 0.1) is 5.82 Å². The molecule has 0 atom stereocenters. The number of pyridine rings is 1. The van der Waals surface area contributed by atoms with Crippen molar-refractivity contribution < 1.29 is 13.2 Å². The van der Waals surface area contributed by atoms with Crippen LogP contribution < -0.4 is 5.32 Å². The normalized spacial score (nSPS) is 11.0. The Balaban J connectivity index is 1.75. The minimum Gasteiger partial charge on any atom is -0.364 e. The van der Waals surface area contributed by atoms with Crippen LogP contribution in [0.5, 0.6) is 0 Å². The van der Waals surface area contributed by atoms with E-state index in [4.69, 9.17) is 0 Å². The average Bonchev–Trinajstić information content (AvgIpc) is 3.03. The number of halogens is 3. The molecule has 3 aromatic rings. The maximum Gasteiger partial charge on any atom is 0.266 e. The van der Waals surface area contributed by atoms with Gasteiger partial charge in [0.1, 0.15) is 17.3 Å². The van der Waals surface area contributed by atoms with E-state index in [0.29, 0.717) is 23.7 Å². The Morgan fingerprint density at radius 1 is 1.17 bits per heavy atom. The van der Waals surface area contributed by atoms with Crippen LogP contribution in [0.3, 0.4) is 0 Å². The molecular formula is C15H12F3N5. The molecule has 1 N–H and O–H groups in total. The number of alkyl halides is 2. The molecule has 0 saturated carbocycles. The minimum absolute atomic E-state index is 0.318. The van der Waals surface area contributed by atoms with Gasteiger partial charge in [0.2, 0.25) is 0 Å². The number of rotatable bonds is 5.